The van der Waals surface area contributed by atoms with E-state index in [-0.39, 0.29) is 11.3 Å². The van der Waals surface area contributed by atoms with Crippen molar-refractivity contribution in [3.8, 4) is 5.88 Å². The summed E-state index contributed by atoms with van der Waals surface area (Å²) < 4.78 is 120. The Morgan fingerprint density at radius 2 is 1.42 bits per heavy atom. The standard InChI is InChI=1S/C18H20FN3O2.3C2HF3O2/c19-16-4-2-6-21-17(16)24-13-18-11-22(9-15(18)10-23-12-18)8-14-3-1-5-20-7-14;3*3-2(4,5)1(6)7/h1-7,15H,8-13H2;3*(H,6,7)/t15-,18+;;;/m1.../s1. The predicted octanol–water partition coefficient (Wildman–Crippen LogP) is 4.04. The van der Waals surface area contributed by atoms with Gasteiger partial charge in [0.2, 0.25) is 5.88 Å². The number of likely N-dealkylation sites (tertiary alicyclic amines) is 1. The minimum Gasteiger partial charge on any atom is -0.475 e. The van der Waals surface area contributed by atoms with Gasteiger partial charge in [0.1, 0.15) is 0 Å². The summed E-state index contributed by atoms with van der Waals surface area (Å²) in [6, 6.07) is 6.97. The minimum absolute atomic E-state index is 0.0724. The molecule has 2 aromatic rings. The lowest BCUT2D eigenvalue weighted by Crippen LogP contribution is -2.37. The summed E-state index contributed by atoms with van der Waals surface area (Å²) in [5.41, 5.74) is 1.11. The number of rotatable bonds is 5. The van der Waals surface area contributed by atoms with Crippen molar-refractivity contribution in [1.82, 2.24) is 14.9 Å². The van der Waals surface area contributed by atoms with Crippen LogP contribution in [0.5, 0.6) is 5.88 Å². The van der Waals surface area contributed by atoms with Gasteiger partial charge >= 0.3 is 36.4 Å². The number of carbonyl (C=O) groups is 3. The summed E-state index contributed by atoms with van der Waals surface area (Å²) in [6.45, 7) is 4.51. The Hall–Kier alpha value is -4.27. The molecule has 2 aliphatic rings. The lowest BCUT2D eigenvalue weighted by atomic mass is 9.82. The number of aliphatic carboxylic acids is 3. The molecule has 2 fully saturated rings. The molecule has 252 valence electrons. The number of alkyl halides is 9. The van der Waals surface area contributed by atoms with E-state index < -0.39 is 42.3 Å². The highest BCUT2D eigenvalue weighted by Gasteiger charge is 2.51. The fourth-order valence-corrected chi connectivity index (χ4v) is 3.71. The average Bonchev–Trinajstić information content (AvgIpc) is 3.45. The summed E-state index contributed by atoms with van der Waals surface area (Å²) in [7, 11) is 0. The number of halogens is 10. The molecule has 0 unspecified atom stereocenters. The van der Waals surface area contributed by atoms with E-state index in [1.165, 1.54) is 11.6 Å². The van der Waals surface area contributed by atoms with Gasteiger partial charge < -0.3 is 24.8 Å². The third-order valence-corrected chi connectivity index (χ3v) is 5.67. The molecule has 2 atom stereocenters. The normalized spacial score (nSPS) is 19.4. The smallest absolute Gasteiger partial charge is 0.475 e. The Morgan fingerprint density at radius 1 is 0.911 bits per heavy atom. The first-order chi connectivity index (χ1) is 20.6. The maximum atomic E-state index is 13.7. The topological polar surface area (TPSA) is 159 Å². The van der Waals surface area contributed by atoms with E-state index in [0.29, 0.717) is 19.1 Å². The van der Waals surface area contributed by atoms with Crippen LogP contribution in [0.25, 0.3) is 0 Å². The monoisotopic (exact) mass is 671 g/mol. The molecule has 0 bridgehead atoms. The molecule has 21 heteroatoms. The van der Waals surface area contributed by atoms with Crippen molar-refractivity contribution >= 4 is 17.9 Å². The summed E-state index contributed by atoms with van der Waals surface area (Å²) in [5.74, 6) is -8.22. The summed E-state index contributed by atoms with van der Waals surface area (Å²) in [5, 5.41) is 21.4. The number of hydrogen-bond donors (Lipinski definition) is 3. The Morgan fingerprint density at radius 3 is 1.87 bits per heavy atom. The molecule has 0 amide bonds. The molecular weight excluding hydrogens is 648 g/mol. The average molecular weight is 671 g/mol. The Labute approximate surface area is 246 Å². The van der Waals surface area contributed by atoms with E-state index in [4.69, 9.17) is 39.2 Å². The van der Waals surface area contributed by atoms with Crippen molar-refractivity contribution in [1.29, 1.82) is 0 Å². The molecule has 3 N–H and O–H groups in total. The second-order valence-corrected chi connectivity index (χ2v) is 9.09. The fraction of sp³-hybridized carbons (Fsp3) is 0.458. The zero-order valence-electron chi connectivity index (χ0n) is 22.4. The van der Waals surface area contributed by atoms with Gasteiger partial charge in [-0.15, -0.1) is 0 Å². The van der Waals surface area contributed by atoms with Gasteiger partial charge in [0, 0.05) is 49.6 Å². The number of carboxylic acid groups (broad SMARTS) is 3. The van der Waals surface area contributed by atoms with Crippen LogP contribution in [-0.2, 0) is 25.7 Å². The molecule has 2 aromatic heterocycles. The van der Waals surface area contributed by atoms with Crippen LogP contribution in [0, 0.1) is 17.2 Å². The molecule has 0 aliphatic carbocycles. The van der Waals surface area contributed by atoms with Crippen LogP contribution < -0.4 is 4.74 Å². The molecule has 0 spiro atoms. The molecule has 11 nitrogen and oxygen atoms in total. The number of fused-ring (bicyclic) bond motifs is 1. The molecule has 45 heavy (non-hydrogen) atoms. The zero-order valence-corrected chi connectivity index (χ0v) is 22.4. The highest BCUT2D eigenvalue weighted by atomic mass is 19.4. The first-order valence-corrected chi connectivity index (χ1v) is 11.9. The van der Waals surface area contributed by atoms with Crippen LogP contribution in [-0.4, -0.2) is 99.5 Å². The van der Waals surface area contributed by atoms with E-state index in [0.717, 1.165) is 26.2 Å². The van der Waals surface area contributed by atoms with Crippen LogP contribution in [0.4, 0.5) is 43.9 Å². The number of pyridine rings is 2. The zero-order chi connectivity index (χ0) is 34.6. The highest BCUT2D eigenvalue weighted by molar-refractivity contribution is 5.73. The van der Waals surface area contributed by atoms with Crippen LogP contribution in [0.3, 0.4) is 0 Å². The van der Waals surface area contributed by atoms with Crippen molar-refractivity contribution in [2.24, 2.45) is 11.3 Å². The van der Waals surface area contributed by atoms with Gasteiger partial charge in [0.25, 0.3) is 0 Å². The van der Waals surface area contributed by atoms with Gasteiger partial charge in [0.05, 0.1) is 19.8 Å². The second kappa shape index (κ2) is 16.2. The number of carboxylic acids is 3. The molecule has 2 saturated heterocycles. The number of nitrogens with zero attached hydrogens (tertiary/aromatic N) is 3. The lowest BCUT2D eigenvalue weighted by molar-refractivity contribution is -0.193. The number of hydrogen-bond acceptors (Lipinski definition) is 8. The van der Waals surface area contributed by atoms with Gasteiger partial charge in [-0.25, -0.2) is 23.8 Å². The predicted molar refractivity (Wildman–Crippen MR) is 127 cm³/mol. The molecule has 4 rings (SSSR count). The lowest BCUT2D eigenvalue weighted by Gasteiger charge is -2.27. The maximum Gasteiger partial charge on any atom is 0.490 e. The molecule has 0 saturated carbocycles. The largest absolute Gasteiger partial charge is 0.490 e. The maximum absolute atomic E-state index is 13.7. The third-order valence-electron chi connectivity index (χ3n) is 5.67. The third kappa shape index (κ3) is 13.5. The van der Waals surface area contributed by atoms with Crippen LogP contribution in [0.2, 0.25) is 0 Å². The van der Waals surface area contributed by atoms with E-state index in [1.807, 2.05) is 12.3 Å². The van der Waals surface area contributed by atoms with Crippen molar-refractivity contribution in [3.05, 3.63) is 54.2 Å². The van der Waals surface area contributed by atoms with Crippen LogP contribution >= 0.6 is 0 Å². The quantitative estimate of drug-likeness (QED) is 0.394. The van der Waals surface area contributed by atoms with Crippen molar-refractivity contribution in [2.75, 3.05) is 32.9 Å². The van der Waals surface area contributed by atoms with E-state index in [1.54, 1.807) is 18.5 Å². The van der Waals surface area contributed by atoms with Crippen LogP contribution in [0.1, 0.15) is 5.56 Å². The molecule has 0 aromatic carbocycles. The fourth-order valence-electron chi connectivity index (χ4n) is 3.71. The van der Waals surface area contributed by atoms with Gasteiger partial charge in [-0.1, -0.05) is 6.07 Å². The molecule has 2 aliphatic heterocycles. The molecule has 0 radical (unpaired) electrons. The SMILES string of the molecule is Fc1cccnc1OC[C@]12COC[C@H]1CN(Cc1cccnc1)C2.O=C(O)C(F)(F)F.O=C(O)C(F)(F)F.O=C(O)C(F)(F)F. The Kier molecular flexibility index (Phi) is 13.9. The number of ether oxygens (including phenoxy) is 2. The van der Waals surface area contributed by atoms with E-state index >= 15 is 0 Å². The van der Waals surface area contributed by atoms with E-state index in [2.05, 4.69) is 20.9 Å². The van der Waals surface area contributed by atoms with Crippen LogP contribution in [0.15, 0.2) is 42.9 Å². The number of aromatic nitrogens is 2. The van der Waals surface area contributed by atoms with Gasteiger partial charge in [-0.3, -0.25) is 9.88 Å². The van der Waals surface area contributed by atoms with Crippen molar-refractivity contribution in [3.63, 3.8) is 0 Å². The summed E-state index contributed by atoms with van der Waals surface area (Å²) >= 11 is 0. The summed E-state index contributed by atoms with van der Waals surface area (Å²) in [4.78, 5) is 37.2. The van der Waals surface area contributed by atoms with Gasteiger partial charge in [-0.2, -0.15) is 39.5 Å². The van der Waals surface area contributed by atoms with Gasteiger partial charge in [-0.05, 0) is 23.8 Å². The van der Waals surface area contributed by atoms with Crippen molar-refractivity contribution in [2.45, 2.75) is 25.1 Å². The van der Waals surface area contributed by atoms with E-state index in [9.17, 15) is 43.9 Å². The highest BCUT2D eigenvalue weighted by Crippen LogP contribution is 2.42. The van der Waals surface area contributed by atoms with Gasteiger partial charge in [0.15, 0.2) is 5.82 Å². The Bertz CT molecular complexity index is 1210. The minimum atomic E-state index is -5.08. The molecule has 4 heterocycles. The Balaban J connectivity index is 0.000000396. The van der Waals surface area contributed by atoms with Crippen molar-refractivity contribution < 1.29 is 83.1 Å². The first kappa shape index (κ1) is 38.8. The second-order valence-electron chi connectivity index (χ2n) is 9.09. The molecular formula is C24H23F10N3O8. The summed E-state index contributed by atoms with van der Waals surface area (Å²) in [6.07, 6.45) is -10.0. The first-order valence-electron chi connectivity index (χ1n) is 11.9.